The van der Waals surface area contributed by atoms with Crippen LogP contribution in [0, 0.1) is 23.5 Å². The summed E-state index contributed by atoms with van der Waals surface area (Å²) in [6.45, 7) is 6.38. The van der Waals surface area contributed by atoms with Crippen LogP contribution in [0.15, 0.2) is 36.7 Å². The van der Waals surface area contributed by atoms with E-state index in [0.717, 1.165) is 37.8 Å². The summed E-state index contributed by atoms with van der Waals surface area (Å²) in [5, 5.41) is 0. The van der Waals surface area contributed by atoms with E-state index in [0.29, 0.717) is 56.7 Å². The molecule has 0 aliphatic carbocycles. The maximum Gasteiger partial charge on any atom is 0.257 e. The molecule has 0 radical (unpaired) electrons. The Morgan fingerprint density at radius 1 is 0.838 bits per heavy atom. The zero-order chi connectivity index (χ0) is 26.5. The van der Waals surface area contributed by atoms with Gasteiger partial charge in [-0.05, 0) is 75.6 Å². The Kier molecular flexibility index (Phi) is 8.51. The van der Waals surface area contributed by atoms with E-state index in [1.165, 1.54) is 9.80 Å². The summed E-state index contributed by atoms with van der Waals surface area (Å²) in [6.07, 6.45) is 6.53. The molecule has 7 nitrogen and oxygen atoms in total. The number of hydrogen-bond donors (Lipinski definition) is 0. The molecule has 2 saturated heterocycles. The van der Waals surface area contributed by atoms with Crippen LogP contribution in [0.5, 0.6) is 0 Å². The molecule has 2 aromatic rings. The molecule has 4 rings (SSSR count). The van der Waals surface area contributed by atoms with Crippen LogP contribution in [0.1, 0.15) is 70.6 Å². The van der Waals surface area contributed by atoms with Crippen molar-refractivity contribution >= 4 is 17.7 Å². The number of pyridine rings is 1. The number of nitrogens with zero attached hydrogens (tertiary/aromatic N) is 4. The lowest BCUT2D eigenvalue weighted by Gasteiger charge is -2.40. The molecule has 0 atom stereocenters. The molecule has 9 heteroatoms. The Morgan fingerprint density at radius 2 is 1.35 bits per heavy atom. The Morgan fingerprint density at radius 3 is 1.84 bits per heavy atom. The minimum absolute atomic E-state index is 0.000788. The molecule has 2 fully saturated rings. The van der Waals surface area contributed by atoms with Gasteiger partial charge in [0, 0.05) is 51.7 Å². The topological polar surface area (TPSA) is 73.8 Å². The van der Waals surface area contributed by atoms with Crippen LogP contribution in [0.25, 0.3) is 0 Å². The lowest BCUT2D eigenvalue weighted by molar-refractivity contribution is 0.0532. The third-order valence-corrected chi connectivity index (χ3v) is 7.81. The van der Waals surface area contributed by atoms with E-state index in [-0.39, 0.29) is 5.91 Å². The van der Waals surface area contributed by atoms with Gasteiger partial charge in [-0.15, -0.1) is 0 Å². The number of halogens is 2. The molecule has 2 aliphatic rings. The first kappa shape index (κ1) is 26.7. The van der Waals surface area contributed by atoms with Crippen LogP contribution in [0.2, 0.25) is 0 Å². The predicted molar refractivity (Wildman–Crippen MR) is 135 cm³/mol. The third kappa shape index (κ3) is 5.65. The van der Waals surface area contributed by atoms with Gasteiger partial charge in [0.1, 0.15) is 11.6 Å². The first-order chi connectivity index (χ1) is 17.8. The number of benzene rings is 1. The first-order valence-electron chi connectivity index (χ1n) is 13.1. The molecule has 1 aromatic carbocycles. The van der Waals surface area contributed by atoms with Crippen molar-refractivity contribution in [3.63, 3.8) is 0 Å². The second kappa shape index (κ2) is 11.8. The zero-order valence-corrected chi connectivity index (χ0v) is 21.5. The van der Waals surface area contributed by atoms with Gasteiger partial charge in [-0.25, -0.2) is 8.78 Å². The van der Waals surface area contributed by atoms with Crippen LogP contribution >= 0.6 is 0 Å². The zero-order valence-electron chi connectivity index (χ0n) is 21.5. The van der Waals surface area contributed by atoms with Crippen LogP contribution in [0.4, 0.5) is 8.78 Å². The van der Waals surface area contributed by atoms with Gasteiger partial charge in [0.05, 0.1) is 16.7 Å². The smallest absolute Gasteiger partial charge is 0.257 e. The quantitative estimate of drug-likeness (QED) is 0.580. The molecule has 0 saturated carbocycles. The number of carbonyl (C=O) groups excluding carboxylic acids is 3. The van der Waals surface area contributed by atoms with E-state index in [1.807, 2.05) is 4.90 Å². The van der Waals surface area contributed by atoms with Crippen molar-refractivity contribution in [1.29, 1.82) is 0 Å². The second-order valence-electron chi connectivity index (χ2n) is 9.76. The summed E-state index contributed by atoms with van der Waals surface area (Å²) in [6, 6.07) is 5.35. The molecule has 0 unspecified atom stereocenters. The average Bonchev–Trinajstić information content (AvgIpc) is 2.94. The Labute approximate surface area is 216 Å². The van der Waals surface area contributed by atoms with Gasteiger partial charge in [0.2, 0.25) is 0 Å². The molecule has 198 valence electrons. The van der Waals surface area contributed by atoms with Crippen molar-refractivity contribution in [2.24, 2.45) is 11.8 Å². The van der Waals surface area contributed by atoms with E-state index in [9.17, 15) is 23.2 Å². The monoisotopic (exact) mass is 512 g/mol. The van der Waals surface area contributed by atoms with Gasteiger partial charge in [0.25, 0.3) is 17.7 Å². The van der Waals surface area contributed by atoms with Crippen LogP contribution < -0.4 is 0 Å². The van der Waals surface area contributed by atoms with Crippen molar-refractivity contribution in [2.75, 3.05) is 39.3 Å². The van der Waals surface area contributed by atoms with Gasteiger partial charge >= 0.3 is 0 Å². The molecule has 0 bridgehead atoms. The highest BCUT2D eigenvalue weighted by Crippen LogP contribution is 2.34. The van der Waals surface area contributed by atoms with Crippen LogP contribution in [-0.4, -0.2) is 76.7 Å². The summed E-state index contributed by atoms with van der Waals surface area (Å²) in [7, 11) is 0. The van der Waals surface area contributed by atoms with Crippen molar-refractivity contribution in [2.45, 2.75) is 39.5 Å². The molecule has 3 amide bonds. The summed E-state index contributed by atoms with van der Waals surface area (Å²) in [5.41, 5.74) is -0.366. The Bertz CT molecular complexity index is 1120. The molecule has 2 aliphatic heterocycles. The highest BCUT2D eigenvalue weighted by atomic mass is 19.1. The number of aromatic nitrogens is 1. The average molecular weight is 513 g/mol. The van der Waals surface area contributed by atoms with Crippen molar-refractivity contribution in [1.82, 2.24) is 19.7 Å². The molecule has 1 aromatic heterocycles. The molecular weight excluding hydrogens is 478 g/mol. The summed E-state index contributed by atoms with van der Waals surface area (Å²) in [4.78, 5) is 47.8. The SMILES string of the molecule is CCN(CC)C(=O)c1c(F)ccc(F)c1C(=O)N1CCC(C2CCN(C(=O)c3cccnc3)CC2)CC1. The van der Waals surface area contributed by atoms with Gasteiger partial charge in [-0.1, -0.05) is 0 Å². The normalized spacial score (nSPS) is 17.1. The van der Waals surface area contributed by atoms with E-state index in [2.05, 4.69) is 4.98 Å². The molecular formula is C28H34F2N4O3. The lowest BCUT2D eigenvalue weighted by atomic mass is 9.78. The number of piperidine rings is 2. The highest BCUT2D eigenvalue weighted by Gasteiger charge is 2.35. The summed E-state index contributed by atoms with van der Waals surface area (Å²) < 4.78 is 29.6. The highest BCUT2D eigenvalue weighted by molar-refractivity contribution is 6.07. The fraction of sp³-hybridized carbons (Fsp3) is 0.500. The second-order valence-corrected chi connectivity index (χ2v) is 9.76. The Balaban J connectivity index is 1.38. The maximum absolute atomic E-state index is 14.8. The standard InChI is InChI=1S/C28H34F2N4O3/c1-3-32(4-2)27(36)24-22(29)7-8-23(30)25(24)28(37)34-16-11-20(12-17-34)19-9-14-33(15-10-19)26(35)21-6-5-13-31-18-21/h5-8,13,18-20H,3-4,9-12,14-17H2,1-2H3. The summed E-state index contributed by atoms with van der Waals surface area (Å²) >= 11 is 0. The van der Waals surface area contributed by atoms with Crippen LogP contribution in [-0.2, 0) is 0 Å². The molecule has 0 N–H and O–H groups in total. The van der Waals surface area contributed by atoms with E-state index < -0.39 is 34.6 Å². The minimum Gasteiger partial charge on any atom is -0.339 e. The van der Waals surface area contributed by atoms with Gasteiger partial charge < -0.3 is 14.7 Å². The largest absolute Gasteiger partial charge is 0.339 e. The third-order valence-electron chi connectivity index (χ3n) is 7.81. The van der Waals surface area contributed by atoms with Crippen LogP contribution in [0.3, 0.4) is 0 Å². The number of hydrogen-bond acceptors (Lipinski definition) is 4. The first-order valence-corrected chi connectivity index (χ1v) is 13.1. The lowest BCUT2D eigenvalue weighted by Crippen LogP contribution is -2.44. The van der Waals surface area contributed by atoms with E-state index >= 15 is 0 Å². The van der Waals surface area contributed by atoms with Gasteiger partial charge in [0.15, 0.2) is 0 Å². The van der Waals surface area contributed by atoms with Gasteiger partial charge in [-0.3, -0.25) is 19.4 Å². The van der Waals surface area contributed by atoms with Crippen molar-refractivity contribution in [3.05, 3.63) is 65.0 Å². The number of amides is 3. The molecule has 37 heavy (non-hydrogen) atoms. The van der Waals surface area contributed by atoms with Crippen molar-refractivity contribution < 1.29 is 23.2 Å². The number of carbonyl (C=O) groups is 3. The fourth-order valence-corrected chi connectivity index (χ4v) is 5.62. The van der Waals surface area contributed by atoms with Crippen molar-refractivity contribution in [3.8, 4) is 0 Å². The summed E-state index contributed by atoms with van der Waals surface area (Å²) in [5.74, 6) is -2.23. The predicted octanol–water partition coefficient (Wildman–Crippen LogP) is 4.25. The number of rotatable bonds is 6. The maximum atomic E-state index is 14.8. The van der Waals surface area contributed by atoms with E-state index in [1.54, 1.807) is 38.4 Å². The Hall–Kier alpha value is -3.36. The molecule has 0 spiro atoms. The number of likely N-dealkylation sites (tertiary alicyclic amines) is 2. The van der Waals surface area contributed by atoms with E-state index in [4.69, 9.17) is 0 Å². The van der Waals surface area contributed by atoms with Gasteiger partial charge in [-0.2, -0.15) is 0 Å². The minimum atomic E-state index is -0.885. The molecule has 3 heterocycles. The fourth-order valence-electron chi connectivity index (χ4n) is 5.62.